The molecule has 0 saturated heterocycles. The molecular formula is C14H19BrN2O. The smallest absolute Gasteiger partial charge is 0.251 e. The number of carbonyl (C=O) groups excluding carboxylic acids is 1. The number of carbonyl (C=O) groups is 1. The van der Waals surface area contributed by atoms with Crippen LogP contribution in [0.15, 0.2) is 22.7 Å². The number of hydrogen-bond acceptors (Lipinski definition) is 2. The number of nitrogens with zero attached hydrogens (tertiary/aromatic N) is 1. The molecule has 3 nitrogen and oxygen atoms in total. The Labute approximate surface area is 117 Å². The van der Waals surface area contributed by atoms with Gasteiger partial charge in [0.25, 0.3) is 5.91 Å². The molecule has 98 valence electrons. The van der Waals surface area contributed by atoms with Gasteiger partial charge >= 0.3 is 0 Å². The average Bonchev–Trinajstić information content (AvgIpc) is 3.16. The Morgan fingerprint density at radius 1 is 1.50 bits per heavy atom. The number of rotatable bonds is 5. The van der Waals surface area contributed by atoms with Crippen LogP contribution in [0.2, 0.25) is 0 Å². The van der Waals surface area contributed by atoms with E-state index in [1.165, 1.54) is 12.8 Å². The zero-order valence-electron chi connectivity index (χ0n) is 10.9. The fraction of sp³-hybridized carbons (Fsp3) is 0.500. The van der Waals surface area contributed by atoms with E-state index in [1.807, 2.05) is 25.1 Å². The second-order valence-corrected chi connectivity index (χ2v) is 5.73. The van der Waals surface area contributed by atoms with Crippen molar-refractivity contribution in [2.45, 2.75) is 25.8 Å². The van der Waals surface area contributed by atoms with Crippen LogP contribution in [0.4, 0.5) is 0 Å². The van der Waals surface area contributed by atoms with Crippen LogP contribution in [-0.2, 0) is 0 Å². The monoisotopic (exact) mass is 310 g/mol. The first kappa shape index (κ1) is 13.6. The Hall–Kier alpha value is -0.870. The van der Waals surface area contributed by atoms with Gasteiger partial charge in [0, 0.05) is 29.2 Å². The zero-order chi connectivity index (χ0) is 13.1. The Bertz CT molecular complexity index is 443. The van der Waals surface area contributed by atoms with Crippen LogP contribution in [0.1, 0.15) is 28.8 Å². The highest BCUT2D eigenvalue weighted by molar-refractivity contribution is 9.10. The number of benzene rings is 1. The van der Waals surface area contributed by atoms with Gasteiger partial charge in [-0.3, -0.25) is 4.79 Å². The van der Waals surface area contributed by atoms with E-state index < -0.39 is 0 Å². The summed E-state index contributed by atoms with van der Waals surface area (Å²) in [5.41, 5.74) is 1.74. The van der Waals surface area contributed by atoms with Gasteiger partial charge in [-0.05, 0) is 44.5 Å². The van der Waals surface area contributed by atoms with Gasteiger partial charge < -0.3 is 10.2 Å². The van der Waals surface area contributed by atoms with Gasteiger partial charge in [0.2, 0.25) is 0 Å². The van der Waals surface area contributed by atoms with Crippen LogP contribution >= 0.6 is 15.9 Å². The number of halogens is 1. The van der Waals surface area contributed by atoms with E-state index in [2.05, 4.69) is 33.2 Å². The molecule has 0 atom stereocenters. The van der Waals surface area contributed by atoms with Crippen LogP contribution in [0.25, 0.3) is 0 Å². The van der Waals surface area contributed by atoms with Gasteiger partial charge in [-0.15, -0.1) is 0 Å². The summed E-state index contributed by atoms with van der Waals surface area (Å²) in [6.45, 7) is 3.58. The number of nitrogens with one attached hydrogen (secondary N) is 1. The molecule has 0 spiro atoms. The molecule has 2 rings (SSSR count). The molecule has 1 amide bonds. The molecule has 1 aliphatic carbocycles. The lowest BCUT2D eigenvalue weighted by atomic mass is 10.1. The van der Waals surface area contributed by atoms with Crippen LogP contribution < -0.4 is 5.32 Å². The molecule has 1 saturated carbocycles. The molecule has 1 aromatic carbocycles. The van der Waals surface area contributed by atoms with E-state index in [9.17, 15) is 4.79 Å². The molecule has 18 heavy (non-hydrogen) atoms. The summed E-state index contributed by atoms with van der Waals surface area (Å²) in [5, 5.41) is 2.98. The highest BCUT2D eigenvalue weighted by Crippen LogP contribution is 2.24. The first-order chi connectivity index (χ1) is 8.59. The molecule has 0 aliphatic heterocycles. The summed E-state index contributed by atoms with van der Waals surface area (Å²) in [4.78, 5) is 14.3. The molecule has 0 aromatic heterocycles. The molecule has 0 heterocycles. The van der Waals surface area contributed by atoms with Crippen molar-refractivity contribution in [3.05, 3.63) is 33.8 Å². The van der Waals surface area contributed by atoms with E-state index in [0.717, 1.165) is 28.2 Å². The lowest BCUT2D eigenvalue weighted by molar-refractivity contribution is 0.0949. The zero-order valence-corrected chi connectivity index (χ0v) is 12.5. The Balaban J connectivity index is 1.85. The molecule has 1 aromatic rings. The number of hydrogen-bond donors (Lipinski definition) is 1. The van der Waals surface area contributed by atoms with Crippen molar-refractivity contribution in [1.29, 1.82) is 0 Å². The molecule has 1 fully saturated rings. The van der Waals surface area contributed by atoms with E-state index in [4.69, 9.17) is 0 Å². The van der Waals surface area contributed by atoms with E-state index >= 15 is 0 Å². The van der Waals surface area contributed by atoms with E-state index in [0.29, 0.717) is 6.54 Å². The lowest BCUT2D eigenvalue weighted by Crippen LogP contribution is -2.34. The summed E-state index contributed by atoms with van der Waals surface area (Å²) in [6, 6.07) is 6.45. The van der Waals surface area contributed by atoms with Crippen molar-refractivity contribution < 1.29 is 4.79 Å². The molecule has 1 N–H and O–H groups in total. The molecular weight excluding hydrogens is 292 g/mol. The van der Waals surface area contributed by atoms with E-state index in [1.54, 1.807) is 0 Å². The van der Waals surface area contributed by atoms with Gasteiger partial charge in [-0.1, -0.05) is 22.0 Å². The van der Waals surface area contributed by atoms with Crippen LogP contribution in [0.3, 0.4) is 0 Å². The standard InChI is InChI=1S/C14H19BrN2O/c1-10-12(4-3-5-13(10)15)14(18)16-8-9-17(2)11-6-7-11/h3-5,11H,6-9H2,1-2H3,(H,16,18). The summed E-state index contributed by atoms with van der Waals surface area (Å²) in [5.74, 6) is 0.0120. The van der Waals surface area contributed by atoms with Gasteiger partial charge in [-0.25, -0.2) is 0 Å². The van der Waals surface area contributed by atoms with Crippen molar-refractivity contribution in [3.63, 3.8) is 0 Å². The maximum absolute atomic E-state index is 12.0. The second kappa shape index (κ2) is 5.85. The third kappa shape index (κ3) is 3.33. The minimum Gasteiger partial charge on any atom is -0.351 e. The molecule has 0 bridgehead atoms. The molecule has 4 heteroatoms. The minimum atomic E-state index is 0.0120. The molecule has 0 unspecified atom stereocenters. The fourth-order valence-corrected chi connectivity index (χ4v) is 2.36. The minimum absolute atomic E-state index is 0.0120. The predicted octanol–water partition coefficient (Wildman–Crippen LogP) is 2.58. The highest BCUT2D eigenvalue weighted by Gasteiger charge is 2.25. The SMILES string of the molecule is Cc1c(Br)cccc1C(=O)NCCN(C)C1CC1. The Kier molecular flexibility index (Phi) is 4.40. The Morgan fingerprint density at radius 2 is 2.22 bits per heavy atom. The maximum atomic E-state index is 12.0. The van der Waals surface area contributed by atoms with Crippen LogP contribution in [-0.4, -0.2) is 37.0 Å². The van der Waals surface area contributed by atoms with Crippen molar-refractivity contribution >= 4 is 21.8 Å². The normalized spacial score (nSPS) is 14.9. The topological polar surface area (TPSA) is 32.3 Å². The number of amides is 1. The summed E-state index contributed by atoms with van der Waals surface area (Å²) >= 11 is 3.44. The van der Waals surface area contributed by atoms with Crippen LogP contribution in [0.5, 0.6) is 0 Å². The maximum Gasteiger partial charge on any atom is 0.251 e. The number of likely N-dealkylation sites (N-methyl/N-ethyl adjacent to an activating group) is 1. The largest absolute Gasteiger partial charge is 0.351 e. The van der Waals surface area contributed by atoms with Crippen LogP contribution in [0, 0.1) is 6.92 Å². The molecule has 1 aliphatic rings. The first-order valence-corrected chi connectivity index (χ1v) is 7.12. The average molecular weight is 311 g/mol. The third-order valence-corrected chi connectivity index (χ3v) is 4.29. The lowest BCUT2D eigenvalue weighted by Gasteiger charge is -2.16. The predicted molar refractivity (Wildman–Crippen MR) is 76.9 cm³/mol. The highest BCUT2D eigenvalue weighted by atomic mass is 79.9. The molecule has 0 radical (unpaired) electrons. The van der Waals surface area contributed by atoms with Gasteiger partial charge in [0.15, 0.2) is 0 Å². The summed E-state index contributed by atoms with van der Waals surface area (Å²) in [7, 11) is 2.12. The first-order valence-electron chi connectivity index (χ1n) is 6.33. The van der Waals surface area contributed by atoms with Crippen molar-refractivity contribution in [3.8, 4) is 0 Å². The van der Waals surface area contributed by atoms with Gasteiger partial charge in [0.1, 0.15) is 0 Å². The van der Waals surface area contributed by atoms with Gasteiger partial charge in [-0.2, -0.15) is 0 Å². The van der Waals surface area contributed by atoms with Crippen molar-refractivity contribution in [1.82, 2.24) is 10.2 Å². The quantitative estimate of drug-likeness (QED) is 0.906. The van der Waals surface area contributed by atoms with E-state index in [-0.39, 0.29) is 5.91 Å². The summed E-state index contributed by atoms with van der Waals surface area (Å²) in [6.07, 6.45) is 2.60. The van der Waals surface area contributed by atoms with Crippen molar-refractivity contribution in [2.24, 2.45) is 0 Å². The third-order valence-electron chi connectivity index (χ3n) is 3.43. The van der Waals surface area contributed by atoms with Crippen molar-refractivity contribution in [2.75, 3.05) is 20.1 Å². The fourth-order valence-electron chi connectivity index (χ4n) is 1.99. The Morgan fingerprint density at radius 3 is 2.89 bits per heavy atom. The van der Waals surface area contributed by atoms with Gasteiger partial charge in [0.05, 0.1) is 0 Å². The second-order valence-electron chi connectivity index (χ2n) is 4.88. The summed E-state index contributed by atoms with van der Waals surface area (Å²) < 4.78 is 0.977.